The molecular weight excluding hydrogens is 549 g/mol. The summed E-state index contributed by atoms with van der Waals surface area (Å²) in [6, 6.07) is 0.227. The standard InChI is InChI=1S/C21H31ClN5O10P/c1-3-35-19(30)21(10-34-2,38(31,32)33)36-9-13-14(28)15(29)18(37-13)27-17-12(8-23-27)16(25-20(22)26-17)24-11-6-4-5-7-11/h8,11,13-15,18,28-29H,3-7,9-10H2,1-2H3,(H,24,25,26)(H2,31,32,33)/t13-,14-,15-,18-,21-/m1/s1. The summed E-state index contributed by atoms with van der Waals surface area (Å²) in [7, 11) is -4.17. The van der Waals surface area contributed by atoms with Crippen LogP contribution < -0.4 is 5.32 Å². The maximum Gasteiger partial charge on any atom is 0.371 e. The summed E-state index contributed by atoms with van der Waals surface area (Å²) in [5.74, 6) is -0.863. The zero-order valence-corrected chi connectivity index (χ0v) is 22.4. The minimum absolute atomic E-state index is 0.0619. The van der Waals surface area contributed by atoms with Crippen LogP contribution in [0, 0.1) is 0 Å². The third-order valence-electron chi connectivity index (χ3n) is 6.59. The predicted molar refractivity (Wildman–Crippen MR) is 131 cm³/mol. The molecule has 5 atom stereocenters. The Morgan fingerprint density at radius 3 is 2.63 bits per heavy atom. The van der Waals surface area contributed by atoms with Crippen molar-refractivity contribution in [1.29, 1.82) is 0 Å². The molecule has 2 aromatic heterocycles. The van der Waals surface area contributed by atoms with Crippen LogP contribution in [0.5, 0.6) is 0 Å². The third-order valence-corrected chi connectivity index (χ3v) is 8.14. The molecule has 3 heterocycles. The summed E-state index contributed by atoms with van der Waals surface area (Å²) >= 11 is 6.16. The number of aliphatic hydroxyl groups excluding tert-OH is 2. The first-order valence-corrected chi connectivity index (χ1v) is 14.1. The number of ether oxygens (including phenoxy) is 4. The van der Waals surface area contributed by atoms with Crippen molar-refractivity contribution in [2.24, 2.45) is 0 Å². The topological polar surface area (TPSA) is 208 Å². The van der Waals surface area contributed by atoms with Crippen molar-refractivity contribution in [3.8, 4) is 0 Å². The highest BCUT2D eigenvalue weighted by Crippen LogP contribution is 2.52. The lowest BCUT2D eigenvalue weighted by Gasteiger charge is -2.32. The Labute approximate surface area is 222 Å². The van der Waals surface area contributed by atoms with Crippen LogP contribution in [0.1, 0.15) is 38.8 Å². The average molecular weight is 580 g/mol. The molecule has 15 nitrogen and oxygen atoms in total. The van der Waals surface area contributed by atoms with Crippen LogP contribution in [0.15, 0.2) is 6.20 Å². The van der Waals surface area contributed by atoms with Gasteiger partial charge in [-0.05, 0) is 31.4 Å². The number of aliphatic hydroxyl groups is 2. The van der Waals surface area contributed by atoms with Crippen LogP contribution in [-0.2, 0) is 28.3 Å². The first-order chi connectivity index (χ1) is 18.0. The number of methoxy groups -OCH3 is 1. The van der Waals surface area contributed by atoms with Gasteiger partial charge in [0, 0.05) is 13.2 Å². The van der Waals surface area contributed by atoms with E-state index in [0.29, 0.717) is 11.2 Å². The number of nitrogens with one attached hydrogen (secondary N) is 1. The summed E-state index contributed by atoms with van der Waals surface area (Å²) in [6.07, 6.45) is -0.0453. The highest BCUT2D eigenvalue weighted by Gasteiger charge is 2.58. The Bertz CT molecular complexity index is 1190. The molecule has 2 aliphatic rings. The molecule has 0 unspecified atom stereocenters. The number of fused-ring (bicyclic) bond motifs is 1. The maximum absolute atomic E-state index is 12.5. The molecule has 4 rings (SSSR count). The van der Waals surface area contributed by atoms with Crippen molar-refractivity contribution in [1.82, 2.24) is 19.7 Å². The van der Waals surface area contributed by atoms with Crippen molar-refractivity contribution in [3.05, 3.63) is 11.5 Å². The number of esters is 1. The summed E-state index contributed by atoms with van der Waals surface area (Å²) < 4.78 is 34.3. The quantitative estimate of drug-likeness (QED) is 0.140. The Hall–Kier alpha value is -1.94. The van der Waals surface area contributed by atoms with Crippen molar-refractivity contribution in [2.45, 2.75) is 68.5 Å². The molecule has 0 amide bonds. The van der Waals surface area contributed by atoms with E-state index in [0.717, 1.165) is 32.8 Å². The molecule has 0 radical (unpaired) electrons. The second-order valence-corrected chi connectivity index (χ2v) is 11.3. The number of halogens is 1. The molecule has 0 aromatic carbocycles. The van der Waals surface area contributed by atoms with Crippen LogP contribution in [0.25, 0.3) is 11.0 Å². The smallest absolute Gasteiger partial charge is 0.371 e. The van der Waals surface area contributed by atoms with Gasteiger partial charge in [0.25, 0.3) is 5.34 Å². The number of rotatable bonds is 11. The highest BCUT2D eigenvalue weighted by atomic mass is 35.5. The van der Waals surface area contributed by atoms with Crippen LogP contribution in [0.2, 0.25) is 5.28 Å². The van der Waals surface area contributed by atoms with Gasteiger partial charge in [0.15, 0.2) is 11.9 Å². The van der Waals surface area contributed by atoms with Gasteiger partial charge in [-0.25, -0.2) is 9.48 Å². The fraction of sp³-hybridized carbons (Fsp3) is 0.714. The normalized spacial score (nSPS) is 26.1. The van der Waals surface area contributed by atoms with E-state index in [1.54, 1.807) is 0 Å². The zero-order valence-electron chi connectivity index (χ0n) is 20.8. The van der Waals surface area contributed by atoms with E-state index in [2.05, 4.69) is 20.4 Å². The minimum atomic E-state index is -5.30. The van der Waals surface area contributed by atoms with Gasteiger partial charge in [0.05, 0.1) is 31.4 Å². The average Bonchev–Trinajstić information content (AvgIpc) is 3.57. The van der Waals surface area contributed by atoms with Gasteiger partial charge in [0.1, 0.15) is 24.1 Å². The minimum Gasteiger partial charge on any atom is -0.463 e. The van der Waals surface area contributed by atoms with E-state index in [1.165, 1.54) is 17.8 Å². The molecule has 0 spiro atoms. The van der Waals surface area contributed by atoms with Gasteiger partial charge in [-0.1, -0.05) is 12.8 Å². The van der Waals surface area contributed by atoms with Gasteiger partial charge in [0.2, 0.25) is 5.28 Å². The van der Waals surface area contributed by atoms with Gasteiger partial charge in [-0.2, -0.15) is 15.1 Å². The van der Waals surface area contributed by atoms with E-state index in [4.69, 9.17) is 30.5 Å². The number of hydrogen-bond acceptors (Lipinski definition) is 12. The Kier molecular flexibility index (Phi) is 8.91. The highest BCUT2D eigenvalue weighted by molar-refractivity contribution is 7.54. The molecular formula is C21H31ClN5O10P. The van der Waals surface area contributed by atoms with Gasteiger partial charge >= 0.3 is 13.6 Å². The Morgan fingerprint density at radius 2 is 2.00 bits per heavy atom. The number of hydrogen-bond donors (Lipinski definition) is 5. The summed E-state index contributed by atoms with van der Waals surface area (Å²) in [4.78, 5) is 40.9. The first kappa shape index (κ1) is 29.1. The van der Waals surface area contributed by atoms with E-state index in [-0.39, 0.29) is 23.6 Å². The summed E-state index contributed by atoms with van der Waals surface area (Å²) in [6.45, 7) is -0.253. The Morgan fingerprint density at radius 1 is 1.29 bits per heavy atom. The first-order valence-electron chi connectivity index (χ1n) is 12.1. The zero-order chi connectivity index (χ0) is 27.7. The van der Waals surface area contributed by atoms with E-state index < -0.39 is 56.7 Å². The molecule has 1 saturated heterocycles. The second-order valence-electron chi connectivity index (χ2n) is 9.13. The van der Waals surface area contributed by atoms with Gasteiger partial charge < -0.3 is 44.3 Å². The number of carbonyl (C=O) groups is 1. The van der Waals surface area contributed by atoms with E-state index in [1.807, 2.05) is 0 Å². The lowest BCUT2D eigenvalue weighted by atomic mass is 10.1. The number of carbonyl (C=O) groups excluding carboxylic acids is 1. The molecule has 38 heavy (non-hydrogen) atoms. The van der Waals surface area contributed by atoms with Crippen LogP contribution in [0.4, 0.5) is 5.82 Å². The summed E-state index contributed by atoms with van der Waals surface area (Å²) in [5, 5.41) is 26.7. The molecule has 1 aliphatic heterocycles. The number of nitrogens with zero attached hydrogens (tertiary/aromatic N) is 4. The van der Waals surface area contributed by atoms with Crippen LogP contribution in [0.3, 0.4) is 0 Å². The second kappa shape index (κ2) is 11.7. The monoisotopic (exact) mass is 579 g/mol. The van der Waals surface area contributed by atoms with Crippen molar-refractivity contribution in [3.63, 3.8) is 0 Å². The fourth-order valence-corrected chi connectivity index (χ4v) is 5.64. The lowest BCUT2D eigenvalue weighted by molar-refractivity contribution is -0.174. The molecule has 212 valence electrons. The van der Waals surface area contributed by atoms with Crippen molar-refractivity contribution >= 4 is 42.0 Å². The van der Waals surface area contributed by atoms with Crippen LogP contribution >= 0.6 is 19.2 Å². The molecule has 2 aromatic rings. The molecule has 2 fully saturated rings. The maximum atomic E-state index is 12.5. The van der Waals surface area contributed by atoms with Crippen molar-refractivity contribution in [2.75, 3.05) is 32.2 Å². The lowest BCUT2D eigenvalue weighted by Crippen LogP contribution is -2.49. The molecule has 17 heteroatoms. The number of anilines is 1. The largest absolute Gasteiger partial charge is 0.463 e. The molecule has 0 bridgehead atoms. The molecule has 1 saturated carbocycles. The molecule has 5 N–H and O–H groups in total. The fourth-order valence-electron chi connectivity index (χ4n) is 4.63. The van der Waals surface area contributed by atoms with Gasteiger partial charge in [-0.15, -0.1) is 0 Å². The SMILES string of the molecule is CCOC(=O)[C@](COC)(OC[C@H]1O[C@@H](n2ncc3c(NC4CCCC4)nc(Cl)nc32)[C@H](O)[C@@H]1O)P(=O)(O)O. The Balaban J connectivity index is 1.57. The predicted octanol–water partition coefficient (Wildman–Crippen LogP) is 0.553. The van der Waals surface area contributed by atoms with Crippen LogP contribution in [-0.4, -0.2) is 102 Å². The van der Waals surface area contributed by atoms with Crippen molar-refractivity contribution < 1.29 is 48.3 Å². The third kappa shape index (κ3) is 5.53. The van der Waals surface area contributed by atoms with E-state index >= 15 is 0 Å². The number of aromatic nitrogens is 4. The summed E-state index contributed by atoms with van der Waals surface area (Å²) in [5.41, 5.74) is 0.235. The molecule has 1 aliphatic carbocycles. The van der Waals surface area contributed by atoms with E-state index in [9.17, 15) is 29.4 Å². The van der Waals surface area contributed by atoms with Gasteiger partial charge in [-0.3, -0.25) is 4.57 Å².